The quantitative estimate of drug-likeness (QED) is 0.518. The van der Waals surface area contributed by atoms with E-state index in [-0.39, 0.29) is 29.4 Å². The number of para-hydroxylation sites is 2. The Morgan fingerprint density at radius 3 is 2.78 bits per heavy atom. The Labute approximate surface area is 131 Å². The highest BCUT2D eigenvalue weighted by Crippen LogP contribution is 2.24. The number of carbonyl (C=O) groups is 1. The van der Waals surface area contributed by atoms with Crippen LogP contribution in [0.25, 0.3) is 5.69 Å². The van der Waals surface area contributed by atoms with Crippen LogP contribution in [0, 0.1) is 10.1 Å². The second-order valence-electron chi connectivity index (χ2n) is 4.91. The summed E-state index contributed by atoms with van der Waals surface area (Å²) in [6.45, 7) is 1.18. The molecule has 2 aromatic rings. The van der Waals surface area contributed by atoms with Crippen LogP contribution in [0.1, 0.15) is 18.6 Å². The standard InChI is InChI=1S/C14H16N4O5/c1-9(19)15-7-13(20)14(21)10-6-16-17(8-10)11-4-2-3-5-12(11)18(22)23/h2-6,8,13-14,20-21H,7H2,1H3,(H,15,19). The number of rotatable bonds is 6. The van der Waals surface area contributed by atoms with Crippen LogP contribution in [0.2, 0.25) is 0 Å². The molecule has 9 nitrogen and oxygen atoms in total. The van der Waals surface area contributed by atoms with Crippen molar-refractivity contribution in [1.29, 1.82) is 0 Å². The van der Waals surface area contributed by atoms with Gasteiger partial charge < -0.3 is 15.5 Å². The minimum atomic E-state index is -1.28. The zero-order chi connectivity index (χ0) is 17.0. The fraction of sp³-hybridized carbons (Fsp3) is 0.286. The number of nitro benzene ring substituents is 1. The van der Waals surface area contributed by atoms with Crippen molar-refractivity contribution in [3.05, 3.63) is 52.3 Å². The molecule has 0 aliphatic rings. The first-order valence-electron chi connectivity index (χ1n) is 6.79. The molecular formula is C14H16N4O5. The van der Waals surface area contributed by atoms with Gasteiger partial charge in [-0.25, -0.2) is 4.68 Å². The van der Waals surface area contributed by atoms with Crippen LogP contribution in [-0.2, 0) is 4.79 Å². The molecule has 0 bridgehead atoms. The van der Waals surface area contributed by atoms with Gasteiger partial charge in [-0.2, -0.15) is 5.10 Å². The molecule has 0 spiro atoms. The van der Waals surface area contributed by atoms with E-state index in [9.17, 15) is 25.1 Å². The fourth-order valence-electron chi connectivity index (χ4n) is 2.02. The molecule has 0 fully saturated rings. The molecule has 2 rings (SSSR count). The van der Waals surface area contributed by atoms with Crippen molar-refractivity contribution in [2.45, 2.75) is 19.1 Å². The number of carbonyl (C=O) groups excluding carboxylic acids is 1. The van der Waals surface area contributed by atoms with Crippen LogP contribution in [0.15, 0.2) is 36.7 Å². The van der Waals surface area contributed by atoms with Gasteiger partial charge in [-0.3, -0.25) is 14.9 Å². The third-order valence-electron chi connectivity index (χ3n) is 3.19. The highest BCUT2D eigenvalue weighted by Gasteiger charge is 2.22. The maximum absolute atomic E-state index is 11.0. The van der Waals surface area contributed by atoms with Crippen molar-refractivity contribution in [2.24, 2.45) is 0 Å². The molecule has 3 N–H and O–H groups in total. The van der Waals surface area contributed by atoms with Crippen LogP contribution in [-0.4, -0.2) is 43.5 Å². The summed E-state index contributed by atoms with van der Waals surface area (Å²) < 4.78 is 1.25. The first kappa shape index (κ1) is 16.6. The minimum Gasteiger partial charge on any atom is -0.388 e. The largest absolute Gasteiger partial charge is 0.388 e. The molecule has 2 unspecified atom stereocenters. The van der Waals surface area contributed by atoms with Crippen molar-refractivity contribution in [1.82, 2.24) is 15.1 Å². The number of nitrogens with one attached hydrogen (secondary N) is 1. The molecule has 0 aliphatic heterocycles. The van der Waals surface area contributed by atoms with Crippen LogP contribution in [0.4, 0.5) is 5.69 Å². The summed E-state index contributed by atoms with van der Waals surface area (Å²) in [7, 11) is 0. The number of amides is 1. The van der Waals surface area contributed by atoms with E-state index >= 15 is 0 Å². The molecule has 122 valence electrons. The molecule has 9 heteroatoms. The van der Waals surface area contributed by atoms with Gasteiger partial charge in [0, 0.05) is 31.3 Å². The average molecular weight is 320 g/mol. The molecular weight excluding hydrogens is 304 g/mol. The van der Waals surface area contributed by atoms with Gasteiger partial charge in [0.05, 0.1) is 11.1 Å². The lowest BCUT2D eigenvalue weighted by atomic mass is 10.1. The van der Waals surface area contributed by atoms with E-state index in [0.717, 1.165) is 0 Å². The topological polar surface area (TPSA) is 131 Å². The van der Waals surface area contributed by atoms with Gasteiger partial charge in [-0.1, -0.05) is 12.1 Å². The fourth-order valence-corrected chi connectivity index (χ4v) is 2.02. The molecule has 23 heavy (non-hydrogen) atoms. The van der Waals surface area contributed by atoms with Gasteiger partial charge in [0.25, 0.3) is 5.69 Å². The van der Waals surface area contributed by atoms with E-state index in [1.165, 1.54) is 42.2 Å². The third kappa shape index (κ3) is 3.90. The van der Waals surface area contributed by atoms with Crippen molar-refractivity contribution < 1.29 is 19.9 Å². The van der Waals surface area contributed by atoms with Gasteiger partial charge in [0.15, 0.2) is 0 Å². The molecule has 1 aromatic carbocycles. The van der Waals surface area contributed by atoms with Crippen molar-refractivity contribution in [3.63, 3.8) is 0 Å². The van der Waals surface area contributed by atoms with Crippen LogP contribution >= 0.6 is 0 Å². The number of nitro groups is 1. The van der Waals surface area contributed by atoms with E-state index < -0.39 is 17.1 Å². The number of hydrogen-bond acceptors (Lipinski definition) is 6. The molecule has 1 aromatic heterocycles. The lowest BCUT2D eigenvalue weighted by Gasteiger charge is -2.16. The molecule has 0 radical (unpaired) electrons. The Kier molecular flexibility index (Phi) is 5.04. The van der Waals surface area contributed by atoms with Crippen molar-refractivity contribution in [3.8, 4) is 5.69 Å². The summed E-state index contributed by atoms with van der Waals surface area (Å²) >= 11 is 0. The van der Waals surface area contributed by atoms with E-state index in [1.807, 2.05) is 0 Å². The molecule has 1 amide bonds. The SMILES string of the molecule is CC(=O)NCC(O)C(O)c1cnn(-c2ccccc2[N+](=O)[O-])c1. The number of hydrogen-bond donors (Lipinski definition) is 3. The second-order valence-corrected chi connectivity index (χ2v) is 4.91. The number of aliphatic hydroxyl groups is 2. The summed E-state index contributed by atoms with van der Waals surface area (Å²) in [5, 5.41) is 37.3. The number of aliphatic hydroxyl groups excluding tert-OH is 2. The van der Waals surface area contributed by atoms with E-state index in [2.05, 4.69) is 10.4 Å². The predicted octanol–water partition coefficient (Wildman–Crippen LogP) is 0.311. The predicted molar refractivity (Wildman–Crippen MR) is 79.9 cm³/mol. The van der Waals surface area contributed by atoms with Gasteiger partial charge >= 0.3 is 0 Å². The summed E-state index contributed by atoms with van der Waals surface area (Å²) in [5.41, 5.74) is 0.392. The number of aromatic nitrogens is 2. The molecule has 1 heterocycles. The first-order chi connectivity index (χ1) is 10.9. The summed E-state index contributed by atoms with van der Waals surface area (Å²) in [5.74, 6) is -0.327. The highest BCUT2D eigenvalue weighted by atomic mass is 16.6. The Morgan fingerprint density at radius 2 is 2.13 bits per heavy atom. The normalized spacial score (nSPS) is 13.3. The lowest BCUT2D eigenvalue weighted by Crippen LogP contribution is -2.34. The monoisotopic (exact) mass is 320 g/mol. The van der Waals surface area contributed by atoms with E-state index in [1.54, 1.807) is 6.07 Å². The highest BCUT2D eigenvalue weighted by molar-refractivity contribution is 5.72. The van der Waals surface area contributed by atoms with Gasteiger partial charge in [0.1, 0.15) is 17.9 Å². The molecule has 0 aliphatic carbocycles. The molecule has 2 atom stereocenters. The van der Waals surface area contributed by atoms with Gasteiger partial charge in [-0.15, -0.1) is 0 Å². The van der Waals surface area contributed by atoms with Crippen LogP contribution in [0.3, 0.4) is 0 Å². The zero-order valence-corrected chi connectivity index (χ0v) is 12.3. The summed E-state index contributed by atoms with van der Waals surface area (Å²) in [6, 6.07) is 6.04. The van der Waals surface area contributed by atoms with Crippen molar-refractivity contribution >= 4 is 11.6 Å². The first-order valence-corrected chi connectivity index (χ1v) is 6.79. The van der Waals surface area contributed by atoms with Gasteiger partial charge in [0.2, 0.25) is 5.91 Å². The summed E-state index contributed by atoms with van der Waals surface area (Å²) in [4.78, 5) is 21.3. The van der Waals surface area contributed by atoms with Crippen LogP contribution in [0.5, 0.6) is 0 Å². The van der Waals surface area contributed by atoms with Gasteiger partial charge in [-0.05, 0) is 6.07 Å². The number of nitrogens with zero attached hydrogens (tertiary/aromatic N) is 3. The lowest BCUT2D eigenvalue weighted by molar-refractivity contribution is -0.384. The van der Waals surface area contributed by atoms with Crippen molar-refractivity contribution in [2.75, 3.05) is 6.54 Å². The Balaban J connectivity index is 2.21. The molecule has 0 saturated carbocycles. The molecule has 0 saturated heterocycles. The number of benzene rings is 1. The third-order valence-corrected chi connectivity index (χ3v) is 3.19. The smallest absolute Gasteiger partial charge is 0.294 e. The Morgan fingerprint density at radius 1 is 1.43 bits per heavy atom. The second kappa shape index (κ2) is 6.99. The zero-order valence-electron chi connectivity index (χ0n) is 12.3. The Hall–Kier alpha value is -2.78. The van der Waals surface area contributed by atoms with E-state index in [4.69, 9.17) is 0 Å². The summed E-state index contributed by atoms with van der Waals surface area (Å²) in [6.07, 6.45) is 0.197. The van der Waals surface area contributed by atoms with Crippen LogP contribution < -0.4 is 5.32 Å². The minimum absolute atomic E-state index is 0.118. The Bertz CT molecular complexity index is 715. The maximum atomic E-state index is 11.0. The van der Waals surface area contributed by atoms with E-state index in [0.29, 0.717) is 0 Å². The average Bonchev–Trinajstić information content (AvgIpc) is 3.01. The maximum Gasteiger partial charge on any atom is 0.294 e.